The van der Waals surface area contributed by atoms with Crippen LogP contribution >= 0.6 is 0 Å². The fourth-order valence-electron chi connectivity index (χ4n) is 10.1. The van der Waals surface area contributed by atoms with E-state index < -0.39 is 11.9 Å². The minimum absolute atomic E-state index is 0.0104. The van der Waals surface area contributed by atoms with Crippen molar-refractivity contribution in [2.24, 2.45) is 5.73 Å². The molecule has 0 saturated heterocycles. The number of amides is 4. The van der Waals surface area contributed by atoms with Crippen molar-refractivity contribution >= 4 is 41.2 Å². The molecule has 2 aromatic rings. The third-order valence-electron chi connectivity index (χ3n) is 15.8. The summed E-state index contributed by atoms with van der Waals surface area (Å²) in [6, 6.07) is 16.1. The number of benzene rings is 2. The molecule has 2 aromatic carbocycles. The summed E-state index contributed by atoms with van der Waals surface area (Å²) in [6.07, 6.45) is 22.0. The Hall–Kier alpha value is -5.41. The molecule has 1 atom stereocenters. The second-order valence-electron chi connectivity index (χ2n) is 24.1. The van der Waals surface area contributed by atoms with E-state index in [1.807, 2.05) is 46.8 Å². The number of nitrogens with zero attached hydrogens (tertiary/aromatic N) is 1. The third-order valence-corrected chi connectivity index (χ3v) is 15.8. The molecule has 0 radical (unpaired) electrons. The van der Waals surface area contributed by atoms with Crippen LogP contribution in [0.15, 0.2) is 60.7 Å². The Balaban J connectivity index is 0.00000305. The number of esters is 1. The molecule has 1 aliphatic carbocycles. The van der Waals surface area contributed by atoms with E-state index in [0.29, 0.717) is 217 Å². The van der Waals surface area contributed by atoms with Gasteiger partial charge in [0.05, 0.1) is 152 Å². The molecule has 0 saturated carbocycles. The largest absolute Gasteiger partial charge is 0.465 e. The molecule has 1 unspecified atom stereocenters. The number of fused-ring (bicyclic) bond motifs is 3. The highest BCUT2D eigenvalue weighted by Gasteiger charge is 2.29. The van der Waals surface area contributed by atoms with Gasteiger partial charge in [-0.1, -0.05) is 181 Å². The highest BCUT2D eigenvalue weighted by molar-refractivity contribution is 6.13. The second kappa shape index (κ2) is 73.5. The van der Waals surface area contributed by atoms with Crippen molar-refractivity contribution in [3.8, 4) is 11.1 Å². The molecule has 1 heterocycles. The zero-order chi connectivity index (χ0) is 75.7. The predicted octanol–water partition coefficient (Wildman–Crippen LogP) is 12.7. The molecule has 0 fully saturated rings. The maximum Gasteiger partial charge on any atom is 0.305 e. The van der Waals surface area contributed by atoms with E-state index in [4.69, 9.17) is 67.3 Å². The van der Waals surface area contributed by atoms with Gasteiger partial charge in [0, 0.05) is 69.7 Å². The first-order valence-electron chi connectivity index (χ1n) is 38.9. The first kappa shape index (κ1) is 97.6. The molecular formula is C80H137N3O20. The molecule has 103 heavy (non-hydrogen) atoms. The molecule has 23 nitrogen and oxygen atoms in total. The average Bonchev–Trinajstić information content (AvgIpc) is 1.62. The summed E-state index contributed by atoms with van der Waals surface area (Å²) in [5.74, 6) is -1.19. The smallest absolute Gasteiger partial charge is 0.305 e. The van der Waals surface area contributed by atoms with Gasteiger partial charge >= 0.3 is 5.97 Å². The summed E-state index contributed by atoms with van der Waals surface area (Å²) in [5, 5.41) is 2.79. The Bertz CT molecular complexity index is 2350. The molecule has 4 amide bonds. The number of imide groups is 1. The van der Waals surface area contributed by atoms with E-state index in [1.54, 1.807) is 0 Å². The maximum atomic E-state index is 12.3. The minimum atomic E-state index is -0.664. The molecule has 2 aliphatic rings. The lowest BCUT2D eigenvalue weighted by Gasteiger charge is -2.15. The summed E-state index contributed by atoms with van der Waals surface area (Å²) in [6.45, 7) is 27.7. The van der Waals surface area contributed by atoms with Crippen LogP contribution < -0.4 is 11.1 Å². The van der Waals surface area contributed by atoms with Crippen LogP contribution in [0, 0.1) is 0 Å². The Morgan fingerprint density at radius 3 is 1.14 bits per heavy atom. The van der Waals surface area contributed by atoms with E-state index >= 15 is 0 Å². The number of carbonyl (C=O) groups is 7. The topological polar surface area (TPSA) is 281 Å². The zero-order valence-corrected chi connectivity index (χ0v) is 64.8. The number of carbonyl (C=O) groups excluding carboxylic acids is 7. The first-order chi connectivity index (χ1) is 50.5. The van der Waals surface area contributed by atoms with Gasteiger partial charge < -0.3 is 72.6 Å². The van der Waals surface area contributed by atoms with Gasteiger partial charge in [-0.05, 0) is 54.4 Å². The summed E-state index contributed by atoms with van der Waals surface area (Å²) >= 11 is 0. The van der Waals surface area contributed by atoms with E-state index in [-0.39, 0.29) is 54.1 Å². The van der Waals surface area contributed by atoms with Crippen LogP contribution in [0.5, 0.6) is 0 Å². The van der Waals surface area contributed by atoms with Crippen molar-refractivity contribution in [3.63, 3.8) is 0 Å². The third kappa shape index (κ3) is 55.7. The van der Waals surface area contributed by atoms with Crippen molar-refractivity contribution in [2.75, 3.05) is 172 Å². The van der Waals surface area contributed by atoms with Crippen molar-refractivity contribution in [3.05, 3.63) is 71.8 Å². The molecule has 4 rings (SSSR count). The van der Waals surface area contributed by atoms with Gasteiger partial charge in [0.2, 0.25) is 11.8 Å². The standard InChI is InChI=1S/C54H97N3O18.C18H18O2.C4H10.2C2H6/c1-2-3-4-5-6-7-8-9-13-18-51(60)56-50(54(55)63)17-12-10-11-15-49(59)22-25-65-27-29-67-31-33-69-35-37-71-39-41-73-43-45-75-47-46-74-44-42-72-40-38-70-36-34-68-32-30-66-28-26-64-24-14-16-48(58)21-23-57-52(61)19-20-53(57)62;1-2-7-18(19)20-12-17-15-10-5-3-8-13(15)14-9-4-6-11-16(14)17;1-3-4-2;2*1-2/h19-20,50H,2-18,21-47H2,1H3,(H2,55,63)(H,56,60);3-6,8-11,17H,2,7,12H2,1H3;3-4H2,1-2H3;2*1-2H3. The molecule has 0 aromatic heterocycles. The minimum Gasteiger partial charge on any atom is -0.465 e. The fourth-order valence-corrected chi connectivity index (χ4v) is 10.1. The molecule has 23 heteroatoms. The van der Waals surface area contributed by atoms with Gasteiger partial charge in [-0.15, -0.1) is 0 Å². The lowest BCUT2D eigenvalue weighted by molar-refractivity contribution is -0.144. The van der Waals surface area contributed by atoms with E-state index in [1.165, 1.54) is 85.8 Å². The van der Waals surface area contributed by atoms with Gasteiger partial charge in [-0.2, -0.15) is 0 Å². The Morgan fingerprint density at radius 2 is 0.738 bits per heavy atom. The van der Waals surface area contributed by atoms with Crippen molar-refractivity contribution in [1.29, 1.82) is 0 Å². The molecule has 0 bridgehead atoms. The lowest BCUT2D eigenvalue weighted by atomic mass is 9.98. The summed E-state index contributed by atoms with van der Waals surface area (Å²) < 4.78 is 71.5. The summed E-state index contributed by atoms with van der Waals surface area (Å²) in [7, 11) is 0. The van der Waals surface area contributed by atoms with Crippen LogP contribution in [0.1, 0.15) is 220 Å². The number of Topliss-reactive ketones (excluding diaryl/α,β-unsaturated/α-hetero) is 2. The monoisotopic (exact) mass is 1460 g/mol. The van der Waals surface area contributed by atoms with E-state index in [9.17, 15) is 33.6 Å². The number of ether oxygens (including phenoxy) is 13. The van der Waals surface area contributed by atoms with E-state index in [2.05, 4.69) is 62.5 Å². The first-order valence-corrected chi connectivity index (χ1v) is 38.9. The molecule has 592 valence electrons. The van der Waals surface area contributed by atoms with Crippen molar-refractivity contribution in [2.45, 2.75) is 215 Å². The van der Waals surface area contributed by atoms with Crippen LogP contribution in [0.3, 0.4) is 0 Å². The molecule has 3 N–H and O–H groups in total. The average molecular weight is 1460 g/mol. The maximum absolute atomic E-state index is 12.3. The fraction of sp³-hybridized carbons (Fsp3) is 0.738. The second-order valence-corrected chi connectivity index (χ2v) is 24.1. The van der Waals surface area contributed by atoms with Gasteiger partial charge in [0.25, 0.3) is 11.8 Å². The number of nitrogens with one attached hydrogen (secondary N) is 1. The number of unbranched alkanes of at least 4 members (excludes halogenated alkanes) is 11. The van der Waals surface area contributed by atoms with Crippen molar-refractivity contribution in [1.82, 2.24) is 10.2 Å². The van der Waals surface area contributed by atoms with Crippen LogP contribution in [-0.4, -0.2) is 224 Å². The number of hydrogen-bond acceptors (Lipinski definition) is 20. The lowest BCUT2D eigenvalue weighted by Crippen LogP contribution is -2.44. The van der Waals surface area contributed by atoms with Gasteiger partial charge in [-0.25, -0.2) is 0 Å². The molecular weight excluding hydrogens is 1320 g/mol. The normalized spacial score (nSPS) is 12.3. The van der Waals surface area contributed by atoms with Gasteiger partial charge in [-0.3, -0.25) is 38.5 Å². The van der Waals surface area contributed by atoms with Crippen LogP contribution in [0.2, 0.25) is 0 Å². The van der Waals surface area contributed by atoms with Crippen molar-refractivity contribution < 1.29 is 95.1 Å². The number of nitrogens with two attached hydrogens (primary N) is 1. The van der Waals surface area contributed by atoms with Crippen LogP contribution in [0.4, 0.5) is 0 Å². The highest BCUT2D eigenvalue weighted by atomic mass is 16.6. The van der Waals surface area contributed by atoms with E-state index in [0.717, 1.165) is 43.4 Å². The molecule has 0 spiro atoms. The molecule has 1 aliphatic heterocycles. The zero-order valence-electron chi connectivity index (χ0n) is 64.8. The number of primary amides is 1. The number of rotatable bonds is 66. The van der Waals surface area contributed by atoms with Crippen LogP contribution in [-0.2, 0) is 95.1 Å². The highest BCUT2D eigenvalue weighted by Crippen LogP contribution is 2.44. The quantitative estimate of drug-likeness (QED) is 0.0353. The summed E-state index contributed by atoms with van der Waals surface area (Å²) in [5.41, 5.74) is 10.6. The Morgan fingerprint density at radius 1 is 0.388 bits per heavy atom. The SMILES string of the molecule is CC.CC.CCCC.CCCC(=O)OCC1c2ccccc2-c2ccccc21.CCCCCCCCCCCC(=O)NC(CCCCCC(=O)CCOCCOCCOCCOCCOCCOCCOCCOCCOCCOCCOCCOCCCC(=O)CCN1C(=O)C=CC1=O)C(N)=O. The Labute approximate surface area is 619 Å². The Kier molecular flexibility index (Phi) is 69.6. The number of ketones is 2. The van der Waals surface area contributed by atoms with Crippen LogP contribution in [0.25, 0.3) is 11.1 Å². The van der Waals surface area contributed by atoms with Gasteiger partial charge in [0.1, 0.15) is 24.2 Å². The predicted molar refractivity (Wildman–Crippen MR) is 403 cm³/mol. The van der Waals surface area contributed by atoms with Gasteiger partial charge in [0.15, 0.2) is 0 Å². The summed E-state index contributed by atoms with van der Waals surface area (Å²) in [4.78, 5) is 84.0. The number of hydrogen-bond donors (Lipinski definition) is 2.